The molecule has 2 rings (SSSR count). The second kappa shape index (κ2) is 4.18. The van der Waals surface area contributed by atoms with E-state index in [1.165, 1.54) is 6.92 Å². The molecule has 0 radical (unpaired) electrons. The number of H-pyrrole nitrogens is 1. The summed E-state index contributed by atoms with van der Waals surface area (Å²) in [6, 6.07) is 7.56. The van der Waals surface area contributed by atoms with Gasteiger partial charge in [0.2, 0.25) is 5.91 Å². The van der Waals surface area contributed by atoms with E-state index in [0.717, 1.165) is 22.9 Å². The largest absolute Gasteiger partial charge is 0.356 e. The molecular formula is C12H12N2O2. The molecule has 0 spiro atoms. The van der Waals surface area contributed by atoms with Crippen LogP contribution in [0, 0.1) is 0 Å². The summed E-state index contributed by atoms with van der Waals surface area (Å²) in [6.07, 6.45) is 0.815. The maximum Gasteiger partial charge on any atom is 0.217 e. The van der Waals surface area contributed by atoms with Crippen LogP contribution in [-0.2, 0) is 11.3 Å². The van der Waals surface area contributed by atoms with Gasteiger partial charge in [-0.15, -0.1) is 0 Å². The molecule has 1 aromatic carbocycles. The van der Waals surface area contributed by atoms with Crippen LogP contribution in [0.5, 0.6) is 0 Å². The maximum atomic E-state index is 11.0. The highest BCUT2D eigenvalue weighted by atomic mass is 16.1. The average molecular weight is 216 g/mol. The molecule has 0 unspecified atom stereocenters. The zero-order valence-corrected chi connectivity index (χ0v) is 8.91. The molecule has 16 heavy (non-hydrogen) atoms. The second-order valence-electron chi connectivity index (χ2n) is 3.59. The van der Waals surface area contributed by atoms with E-state index in [1.54, 1.807) is 0 Å². The van der Waals surface area contributed by atoms with E-state index in [0.29, 0.717) is 12.1 Å². The topological polar surface area (TPSA) is 62.0 Å². The number of aromatic amines is 1. The summed E-state index contributed by atoms with van der Waals surface area (Å²) >= 11 is 0. The Kier molecular flexibility index (Phi) is 2.72. The van der Waals surface area contributed by atoms with Crippen molar-refractivity contribution < 1.29 is 9.59 Å². The Morgan fingerprint density at radius 1 is 1.44 bits per heavy atom. The van der Waals surface area contributed by atoms with Crippen LogP contribution >= 0.6 is 0 Å². The smallest absolute Gasteiger partial charge is 0.217 e. The molecule has 1 aromatic heterocycles. The molecule has 1 heterocycles. The van der Waals surface area contributed by atoms with Crippen LogP contribution in [0.1, 0.15) is 23.0 Å². The van der Waals surface area contributed by atoms with E-state index >= 15 is 0 Å². The number of rotatable bonds is 3. The molecule has 2 N–H and O–H groups in total. The lowest BCUT2D eigenvalue weighted by molar-refractivity contribution is -0.119. The van der Waals surface area contributed by atoms with Crippen molar-refractivity contribution in [3.63, 3.8) is 0 Å². The second-order valence-corrected chi connectivity index (χ2v) is 3.59. The fourth-order valence-corrected chi connectivity index (χ4v) is 1.71. The molecule has 4 heteroatoms. The lowest BCUT2D eigenvalue weighted by atomic mass is 10.1. The van der Waals surface area contributed by atoms with Crippen LogP contribution < -0.4 is 5.32 Å². The number of carbonyl (C=O) groups excluding carboxylic acids is 2. The molecule has 2 aromatic rings. The van der Waals surface area contributed by atoms with Gasteiger partial charge in [0.15, 0.2) is 6.29 Å². The van der Waals surface area contributed by atoms with Gasteiger partial charge in [-0.3, -0.25) is 9.59 Å². The molecule has 0 fully saturated rings. The molecule has 4 nitrogen and oxygen atoms in total. The number of carbonyl (C=O) groups is 2. The molecule has 1 amide bonds. The third-order valence-corrected chi connectivity index (χ3v) is 2.46. The minimum atomic E-state index is -0.115. The monoisotopic (exact) mass is 216 g/mol. The Labute approximate surface area is 92.7 Å². The molecule has 0 bridgehead atoms. The summed E-state index contributed by atoms with van der Waals surface area (Å²) in [6.45, 7) is 1.79. The number of hydrogen-bond acceptors (Lipinski definition) is 2. The van der Waals surface area contributed by atoms with Crippen LogP contribution in [0.25, 0.3) is 10.9 Å². The lowest BCUT2D eigenvalue weighted by Crippen LogP contribution is -2.19. The number of fused-ring (bicyclic) bond motifs is 1. The lowest BCUT2D eigenvalue weighted by Gasteiger charge is -1.99. The predicted molar refractivity (Wildman–Crippen MR) is 61.2 cm³/mol. The highest BCUT2D eigenvalue weighted by Gasteiger charge is 2.09. The van der Waals surface area contributed by atoms with E-state index in [-0.39, 0.29) is 5.91 Å². The van der Waals surface area contributed by atoms with Gasteiger partial charge >= 0.3 is 0 Å². The summed E-state index contributed by atoms with van der Waals surface area (Å²) in [7, 11) is 0. The SMILES string of the molecule is CC(=O)NCc1[nH]c2ccccc2c1C=O. The third kappa shape index (κ3) is 1.82. The van der Waals surface area contributed by atoms with Crippen molar-refractivity contribution in [1.82, 2.24) is 10.3 Å². The van der Waals surface area contributed by atoms with Crippen molar-refractivity contribution in [3.8, 4) is 0 Å². The quantitative estimate of drug-likeness (QED) is 0.766. The summed E-state index contributed by atoms with van der Waals surface area (Å²) in [5.74, 6) is -0.115. The van der Waals surface area contributed by atoms with Gasteiger partial charge in [0.25, 0.3) is 0 Å². The normalized spacial score (nSPS) is 10.3. The Hall–Kier alpha value is -2.10. The minimum Gasteiger partial charge on any atom is -0.356 e. The van der Waals surface area contributed by atoms with Gasteiger partial charge < -0.3 is 10.3 Å². The van der Waals surface area contributed by atoms with Crippen LogP contribution in [0.3, 0.4) is 0 Å². The molecule has 0 aliphatic rings. The minimum absolute atomic E-state index is 0.115. The standard InChI is InChI=1S/C12H12N2O2/c1-8(16)13-6-12-10(7-15)9-4-2-3-5-11(9)14-12/h2-5,7,14H,6H2,1H3,(H,13,16). The number of aldehydes is 1. The van der Waals surface area contributed by atoms with Gasteiger partial charge in [-0.05, 0) is 6.07 Å². The van der Waals surface area contributed by atoms with Gasteiger partial charge in [-0.2, -0.15) is 0 Å². The first-order valence-corrected chi connectivity index (χ1v) is 5.01. The molecule has 0 atom stereocenters. The first kappa shape index (κ1) is 10.4. The van der Waals surface area contributed by atoms with Crippen molar-refractivity contribution in [2.45, 2.75) is 13.5 Å². The Morgan fingerprint density at radius 2 is 2.19 bits per heavy atom. The molecule has 0 aliphatic carbocycles. The van der Waals surface area contributed by atoms with Gasteiger partial charge in [0, 0.05) is 29.1 Å². The van der Waals surface area contributed by atoms with E-state index in [1.807, 2.05) is 24.3 Å². The zero-order chi connectivity index (χ0) is 11.5. The Balaban J connectivity index is 2.44. The third-order valence-electron chi connectivity index (χ3n) is 2.46. The van der Waals surface area contributed by atoms with Gasteiger partial charge in [0.05, 0.1) is 6.54 Å². The highest BCUT2D eigenvalue weighted by Crippen LogP contribution is 2.20. The van der Waals surface area contributed by atoms with Gasteiger partial charge in [-0.25, -0.2) is 0 Å². The molecular weight excluding hydrogens is 204 g/mol. The summed E-state index contributed by atoms with van der Waals surface area (Å²) < 4.78 is 0. The van der Waals surface area contributed by atoms with E-state index < -0.39 is 0 Å². The number of hydrogen-bond donors (Lipinski definition) is 2. The van der Waals surface area contributed by atoms with E-state index in [2.05, 4.69) is 10.3 Å². The number of amides is 1. The zero-order valence-electron chi connectivity index (χ0n) is 8.91. The van der Waals surface area contributed by atoms with Crippen molar-refractivity contribution in [1.29, 1.82) is 0 Å². The molecule has 0 saturated carbocycles. The van der Waals surface area contributed by atoms with E-state index in [9.17, 15) is 9.59 Å². The summed E-state index contributed by atoms with van der Waals surface area (Å²) in [5.41, 5.74) is 2.26. The number of nitrogens with one attached hydrogen (secondary N) is 2. The summed E-state index contributed by atoms with van der Waals surface area (Å²) in [4.78, 5) is 25.0. The van der Waals surface area contributed by atoms with Crippen molar-refractivity contribution in [2.24, 2.45) is 0 Å². The molecule has 0 saturated heterocycles. The highest BCUT2D eigenvalue weighted by molar-refractivity contribution is 5.98. The maximum absolute atomic E-state index is 11.0. The van der Waals surface area contributed by atoms with Crippen molar-refractivity contribution in [3.05, 3.63) is 35.5 Å². The van der Waals surface area contributed by atoms with Crippen LogP contribution in [0.2, 0.25) is 0 Å². The number of benzene rings is 1. The molecule has 0 aliphatic heterocycles. The number of aromatic nitrogens is 1. The van der Waals surface area contributed by atoms with Crippen LogP contribution in [-0.4, -0.2) is 17.2 Å². The Bertz CT molecular complexity index is 543. The first-order valence-electron chi connectivity index (χ1n) is 5.01. The van der Waals surface area contributed by atoms with Crippen molar-refractivity contribution >= 4 is 23.1 Å². The van der Waals surface area contributed by atoms with Gasteiger partial charge in [0.1, 0.15) is 0 Å². The fraction of sp³-hybridized carbons (Fsp3) is 0.167. The average Bonchev–Trinajstić information content (AvgIpc) is 2.63. The van der Waals surface area contributed by atoms with Crippen LogP contribution in [0.4, 0.5) is 0 Å². The fourth-order valence-electron chi connectivity index (χ4n) is 1.71. The first-order chi connectivity index (χ1) is 7.72. The molecule has 82 valence electrons. The van der Waals surface area contributed by atoms with E-state index in [4.69, 9.17) is 0 Å². The van der Waals surface area contributed by atoms with Crippen molar-refractivity contribution in [2.75, 3.05) is 0 Å². The van der Waals surface area contributed by atoms with Gasteiger partial charge in [-0.1, -0.05) is 18.2 Å². The summed E-state index contributed by atoms with van der Waals surface area (Å²) in [5, 5.41) is 3.56. The predicted octanol–water partition coefficient (Wildman–Crippen LogP) is 1.62. The number of para-hydroxylation sites is 1. The van der Waals surface area contributed by atoms with Crippen LogP contribution in [0.15, 0.2) is 24.3 Å². The Morgan fingerprint density at radius 3 is 2.88 bits per heavy atom.